The van der Waals surface area contributed by atoms with Crippen LogP contribution in [0, 0.1) is 6.92 Å². The van der Waals surface area contributed by atoms with Crippen LogP contribution in [0.1, 0.15) is 28.7 Å². The predicted octanol–water partition coefficient (Wildman–Crippen LogP) is 4.89. The first kappa shape index (κ1) is 18.6. The van der Waals surface area contributed by atoms with Crippen molar-refractivity contribution in [1.82, 2.24) is 15.0 Å². The number of fused-ring (bicyclic) bond motifs is 1. The average Bonchev–Trinajstić information content (AvgIpc) is 2.74. The Labute approximate surface area is 169 Å². The Morgan fingerprint density at radius 2 is 1.76 bits per heavy atom. The molecule has 0 unspecified atom stereocenters. The summed E-state index contributed by atoms with van der Waals surface area (Å²) in [5.74, 6) is 0.0903. The number of amides is 1. The molecule has 0 aliphatic heterocycles. The Balaban J connectivity index is 1.63. The van der Waals surface area contributed by atoms with E-state index in [9.17, 15) is 4.79 Å². The SMILES string of the molecule is CCc1ccccc1NC(=O)c1cc(C)nc(Nc2cccc3cccnc23)n1. The molecule has 0 aliphatic carbocycles. The fraction of sp³-hybridized carbons (Fsp3) is 0.130. The number of anilines is 3. The van der Waals surface area contributed by atoms with Crippen molar-refractivity contribution in [2.24, 2.45) is 0 Å². The van der Waals surface area contributed by atoms with Crippen LogP contribution in [0.5, 0.6) is 0 Å². The number of carbonyl (C=O) groups is 1. The molecule has 0 saturated heterocycles. The van der Waals surface area contributed by atoms with Crippen LogP contribution in [0.25, 0.3) is 10.9 Å². The smallest absolute Gasteiger partial charge is 0.274 e. The summed E-state index contributed by atoms with van der Waals surface area (Å²) in [6.07, 6.45) is 2.58. The molecule has 4 rings (SSSR count). The van der Waals surface area contributed by atoms with Gasteiger partial charge in [-0.1, -0.05) is 43.3 Å². The average molecular weight is 383 g/mol. The topological polar surface area (TPSA) is 79.8 Å². The number of benzene rings is 2. The van der Waals surface area contributed by atoms with Gasteiger partial charge in [0.1, 0.15) is 5.69 Å². The molecule has 0 radical (unpaired) electrons. The number of aromatic nitrogens is 3. The maximum atomic E-state index is 12.8. The number of pyridine rings is 1. The molecule has 2 aromatic carbocycles. The third kappa shape index (κ3) is 4.06. The van der Waals surface area contributed by atoms with E-state index in [4.69, 9.17) is 0 Å². The molecule has 0 bridgehead atoms. The van der Waals surface area contributed by atoms with E-state index in [0.717, 1.165) is 34.3 Å². The summed E-state index contributed by atoms with van der Waals surface area (Å²) in [5.41, 5.74) is 4.49. The molecular formula is C23H21N5O. The van der Waals surface area contributed by atoms with Gasteiger partial charge in [-0.05, 0) is 43.2 Å². The van der Waals surface area contributed by atoms with Crippen molar-refractivity contribution in [3.8, 4) is 0 Å². The summed E-state index contributed by atoms with van der Waals surface area (Å²) in [6.45, 7) is 3.89. The van der Waals surface area contributed by atoms with Crippen LogP contribution in [-0.4, -0.2) is 20.9 Å². The van der Waals surface area contributed by atoms with Crippen LogP contribution in [0.15, 0.2) is 66.9 Å². The molecule has 0 spiro atoms. The van der Waals surface area contributed by atoms with Crippen molar-refractivity contribution < 1.29 is 4.79 Å². The van der Waals surface area contributed by atoms with E-state index in [2.05, 4.69) is 32.5 Å². The standard InChI is InChI=1S/C23H21N5O/c1-3-16-8-4-5-11-18(16)26-22(29)20-14-15(2)25-23(28-20)27-19-12-6-9-17-10-7-13-24-21(17)19/h4-14H,3H2,1-2H3,(H,26,29)(H,25,27,28). The van der Waals surface area contributed by atoms with E-state index in [0.29, 0.717) is 17.3 Å². The minimum absolute atomic E-state index is 0.268. The summed E-state index contributed by atoms with van der Waals surface area (Å²) in [6, 6.07) is 19.2. The van der Waals surface area contributed by atoms with Crippen LogP contribution < -0.4 is 10.6 Å². The molecule has 0 fully saturated rings. The molecule has 6 heteroatoms. The largest absolute Gasteiger partial charge is 0.322 e. The van der Waals surface area contributed by atoms with E-state index < -0.39 is 0 Å². The van der Waals surface area contributed by atoms with E-state index in [1.54, 1.807) is 12.3 Å². The van der Waals surface area contributed by atoms with Crippen molar-refractivity contribution in [3.63, 3.8) is 0 Å². The zero-order valence-corrected chi connectivity index (χ0v) is 16.3. The van der Waals surface area contributed by atoms with Gasteiger partial charge in [0, 0.05) is 23.0 Å². The zero-order valence-electron chi connectivity index (χ0n) is 16.3. The highest BCUT2D eigenvalue weighted by Gasteiger charge is 2.13. The van der Waals surface area contributed by atoms with Gasteiger partial charge in [0.15, 0.2) is 0 Å². The van der Waals surface area contributed by atoms with Gasteiger partial charge in [0.2, 0.25) is 5.95 Å². The summed E-state index contributed by atoms with van der Waals surface area (Å²) in [5, 5.41) is 7.17. The van der Waals surface area contributed by atoms with Crippen molar-refractivity contribution in [2.75, 3.05) is 10.6 Å². The molecule has 29 heavy (non-hydrogen) atoms. The monoisotopic (exact) mass is 383 g/mol. The molecule has 2 heterocycles. The molecule has 0 atom stereocenters. The van der Waals surface area contributed by atoms with Gasteiger partial charge < -0.3 is 10.6 Å². The van der Waals surface area contributed by atoms with Gasteiger partial charge in [-0.15, -0.1) is 0 Å². The van der Waals surface area contributed by atoms with Gasteiger partial charge in [0.05, 0.1) is 11.2 Å². The summed E-state index contributed by atoms with van der Waals surface area (Å²) >= 11 is 0. The lowest BCUT2D eigenvalue weighted by molar-refractivity contribution is 0.102. The molecule has 6 nitrogen and oxygen atoms in total. The molecular weight excluding hydrogens is 362 g/mol. The van der Waals surface area contributed by atoms with E-state index >= 15 is 0 Å². The lowest BCUT2D eigenvalue weighted by Crippen LogP contribution is -2.16. The highest BCUT2D eigenvalue weighted by atomic mass is 16.1. The zero-order chi connectivity index (χ0) is 20.2. The van der Waals surface area contributed by atoms with Gasteiger partial charge in [-0.2, -0.15) is 0 Å². The molecule has 1 amide bonds. The van der Waals surface area contributed by atoms with Gasteiger partial charge >= 0.3 is 0 Å². The minimum Gasteiger partial charge on any atom is -0.322 e. The number of para-hydroxylation sites is 2. The van der Waals surface area contributed by atoms with Crippen molar-refractivity contribution in [1.29, 1.82) is 0 Å². The maximum Gasteiger partial charge on any atom is 0.274 e. The predicted molar refractivity (Wildman–Crippen MR) is 116 cm³/mol. The molecule has 144 valence electrons. The maximum absolute atomic E-state index is 12.8. The Hall–Kier alpha value is -3.80. The number of hydrogen-bond acceptors (Lipinski definition) is 5. The number of nitrogens with zero attached hydrogens (tertiary/aromatic N) is 3. The third-order valence-corrected chi connectivity index (χ3v) is 4.61. The molecule has 0 aliphatic rings. The third-order valence-electron chi connectivity index (χ3n) is 4.61. The van der Waals surface area contributed by atoms with Crippen LogP contribution in [-0.2, 0) is 6.42 Å². The van der Waals surface area contributed by atoms with Crippen molar-refractivity contribution in [3.05, 3.63) is 83.8 Å². The fourth-order valence-electron chi connectivity index (χ4n) is 3.20. The van der Waals surface area contributed by atoms with Crippen molar-refractivity contribution >= 4 is 34.1 Å². The summed E-state index contributed by atoms with van der Waals surface area (Å²) in [7, 11) is 0. The second-order valence-electron chi connectivity index (χ2n) is 6.69. The Kier molecular flexibility index (Phi) is 5.16. The Morgan fingerprint density at radius 3 is 2.62 bits per heavy atom. The minimum atomic E-state index is -0.268. The highest BCUT2D eigenvalue weighted by Crippen LogP contribution is 2.23. The first-order valence-corrected chi connectivity index (χ1v) is 9.50. The Bertz CT molecular complexity index is 1180. The normalized spacial score (nSPS) is 10.7. The summed E-state index contributed by atoms with van der Waals surface area (Å²) < 4.78 is 0. The van der Waals surface area contributed by atoms with Crippen molar-refractivity contribution in [2.45, 2.75) is 20.3 Å². The lowest BCUT2D eigenvalue weighted by Gasteiger charge is -2.12. The highest BCUT2D eigenvalue weighted by molar-refractivity contribution is 6.03. The van der Waals surface area contributed by atoms with Gasteiger partial charge in [-0.3, -0.25) is 9.78 Å². The molecule has 4 aromatic rings. The fourth-order valence-corrected chi connectivity index (χ4v) is 3.20. The van der Waals surface area contributed by atoms with Crippen LogP contribution in [0.4, 0.5) is 17.3 Å². The quantitative estimate of drug-likeness (QED) is 0.513. The van der Waals surface area contributed by atoms with Gasteiger partial charge in [0.25, 0.3) is 5.91 Å². The van der Waals surface area contributed by atoms with Crippen LogP contribution >= 0.6 is 0 Å². The number of nitrogens with one attached hydrogen (secondary N) is 2. The number of rotatable bonds is 5. The number of hydrogen-bond donors (Lipinski definition) is 2. The second kappa shape index (κ2) is 8.06. The first-order valence-electron chi connectivity index (χ1n) is 9.50. The lowest BCUT2D eigenvalue weighted by atomic mass is 10.1. The number of aryl methyl sites for hydroxylation is 2. The molecule has 2 aromatic heterocycles. The molecule has 0 saturated carbocycles. The van der Waals surface area contributed by atoms with E-state index in [1.807, 2.05) is 61.5 Å². The Morgan fingerprint density at radius 1 is 0.966 bits per heavy atom. The van der Waals surface area contributed by atoms with Crippen LogP contribution in [0.3, 0.4) is 0 Å². The van der Waals surface area contributed by atoms with E-state index in [1.165, 1.54) is 0 Å². The van der Waals surface area contributed by atoms with E-state index in [-0.39, 0.29) is 5.91 Å². The summed E-state index contributed by atoms with van der Waals surface area (Å²) in [4.78, 5) is 26.1. The van der Waals surface area contributed by atoms with Crippen LogP contribution in [0.2, 0.25) is 0 Å². The van der Waals surface area contributed by atoms with Gasteiger partial charge in [-0.25, -0.2) is 9.97 Å². The molecule has 2 N–H and O–H groups in total. The second-order valence-corrected chi connectivity index (χ2v) is 6.69. The number of carbonyl (C=O) groups excluding carboxylic acids is 1. The first-order chi connectivity index (χ1) is 14.1.